The standard InChI is InChI=1S/C16H24FNO2/c1-11(19)12-7-6-8-13(17)14(12)18-9-15(2,3)20-16(4,5)10-18/h6-8,11,19H,9-10H2,1-5H3/t11-/m1/s1. The number of morpholine rings is 1. The molecular formula is C16H24FNO2. The minimum atomic E-state index is -0.699. The Bertz CT molecular complexity index is 481. The molecule has 2 rings (SSSR count). The Morgan fingerprint density at radius 3 is 2.25 bits per heavy atom. The Hall–Kier alpha value is -1.13. The van der Waals surface area contributed by atoms with Gasteiger partial charge < -0.3 is 14.7 Å². The summed E-state index contributed by atoms with van der Waals surface area (Å²) < 4.78 is 20.3. The third kappa shape index (κ3) is 3.13. The van der Waals surface area contributed by atoms with Gasteiger partial charge in [0.2, 0.25) is 0 Å². The van der Waals surface area contributed by atoms with E-state index >= 15 is 0 Å². The van der Waals surface area contributed by atoms with E-state index in [1.807, 2.05) is 32.6 Å². The number of hydrogen-bond acceptors (Lipinski definition) is 3. The highest BCUT2D eigenvalue weighted by atomic mass is 19.1. The Kier molecular flexibility index (Phi) is 3.82. The van der Waals surface area contributed by atoms with E-state index in [4.69, 9.17) is 4.74 Å². The molecule has 0 radical (unpaired) electrons. The lowest BCUT2D eigenvalue weighted by atomic mass is 9.96. The largest absolute Gasteiger partial charge is 0.389 e. The molecule has 0 aromatic heterocycles. The molecule has 0 saturated carbocycles. The highest BCUT2D eigenvalue weighted by Crippen LogP contribution is 2.36. The van der Waals surface area contributed by atoms with Crippen LogP contribution in [0.1, 0.15) is 46.3 Å². The molecule has 0 spiro atoms. The van der Waals surface area contributed by atoms with Crippen LogP contribution in [-0.4, -0.2) is 29.4 Å². The van der Waals surface area contributed by atoms with Gasteiger partial charge in [-0.2, -0.15) is 0 Å². The lowest BCUT2D eigenvalue weighted by molar-refractivity contribution is -0.133. The zero-order chi connectivity index (χ0) is 15.1. The molecule has 1 aliphatic heterocycles. The molecule has 1 heterocycles. The molecule has 1 aliphatic rings. The number of anilines is 1. The summed E-state index contributed by atoms with van der Waals surface area (Å²) in [5.74, 6) is -0.295. The van der Waals surface area contributed by atoms with Crippen LogP contribution in [0.25, 0.3) is 0 Å². The number of benzene rings is 1. The third-order valence-corrected chi connectivity index (χ3v) is 3.48. The van der Waals surface area contributed by atoms with Crippen molar-refractivity contribution in [2.24, 2.45) is 0 Å². The van der Waals surface area contributed by atoms with Crippen LogP contribution >= 0.6 is 0 Å². The highest BCUT2D eigenvalue weighted by Gasteiger charge is 2.39. The lowest BCUT2D eigenvalue weighted by Gasteiger charge is -2.48. The normalized spacial score (nSPS) is 22.6. The second-order valence-corrected chi connectivity index (χ2v) is 6.83. The van der Waals surface area contributed by atoms with E-state index in [2.05, 4.69) is 0 Å². The van der Waals surface area contributed by atoms with E-state index in [-0.39, 0.29) is 17.0 Å². The Balaban J connectivity index is 2.45. The molecule has 1 aromatic rings. The highest BCUT2D eigenvalue weighted by molar-refractivity contribution is 5.56. The molecule has 112 valence electrons. The van der Waals surface area contributed by atoms with Crippen molar-refractivity contribution in [1.29, 1.82) is 0 Å². The van der Waals surface area contributed by atoms with Crippen LogP contribution in [0.5, 0.6) is 0 Å². The molecule has 3 nitrogen and oxygen atoms in total. The summed E-state index contributed by atoms with van der Waals surface area (Å²) in [6, 6.07) is 4.85. The van der Waals surface area contributed by atoms with Crippen LogP contribution in [-0.2, 0) is 4.74 Å². The summed E-state index contributed by atoms with van der Waals surface area (Å²) in [6.07, 6.45) is -0.699. The van der Waals surface area contributed by atoms with Crippen molar-refractivity contribution in [3.8, 4) is 0 Å². The summed E-state index contributed by atoms with van der Waals surface area (Å²) in [5.41, 5.74) is 0.394. The molecule has 4 heteroatoms. The summed E-state index contributed by atoms with van der Waals surface area (Å²) in [5, 5.41) is 9.90. The van der Waals surface area contributed by atoms with Gasteiger partial charge in [0.05, 0.1) is 23.0 Å². The average molecular weight is 281 g/mol. The summed E-state index contributed by atoms with van der Waals surface area (Å²) in [7, 11) is 0. The number of ether oxygens (including phenoxy) is 1. The first-order chi connectivity index (χ1) is 9.11. The molecule has 1 atom stereocenters. The molecule has 1 aromatic carbocycles. The first-order valence-corrected chi connectivity index (χ1v) is 7.03. The van der Waals surface area contributed by atoms with Gasteiger partial charge in [-0.05, 0) is 40.7 Å². The van der Waals surface area contributed by atoms with Crippen molar-refractivity contribution < 1.29 is 14.2 Å². The number of aliphatic hydroxyl groups is 1. The van der Waals surface area contributed by atoms with E-state index in [1.54, 1.807) is 19.1 Å². The topological polar surface area (TPSA) is 32.7 Å². The van der Waals surface area contributed by atoms with Gasteiger partial charge in [0.25, 0.3) is 0 Å². The molecule has 20 heavy (non-hydrogen) atoms. The number of hydrogen-bond donors (Lipinski definition) is 1. The Morgan fingerprint density at radius 2 is 1.75 bits per heavy atom. The monoisotopic (exact) mass is 281 g/mol. The van der Waals surface area contributed by atoms with Crippen molar-refractivity contribution in [3.05, 3.63) is 29.6 Å². The van der Waals surface area contributed by atoms with Crippen LogP contribution in [0.2, 0.25) is 0 Å². The number of aliphatic hydroxyl groups excluding tert-OH is 1. The minimum Gasteiger partial charge on any atom is -0.389 e. The van der Waals surface area contributed by atoms with Crippen LogP contribution in [0.3, 0.4) is 0 Å². The van der Waals surface area contributed by atoms with Crippen LogP contribution in [0, 0.1) is 5.82 Å². The van der Waals surface area contributed by atoms with Crippen molar-refractivity contribution in [1.82, 2.24) is 0 Å². The van der Waals surface area contributed by atoms with Gasteiger partial charge in [-0.15, -0.1) is 0 Å². The fraction of sp³-hybridized carbons (Fsp3) is 0.625. The van der Waals surface area contributed by atoms with E-state index in [1.165, 1.54) is 6.07 Å². The van der Waals surface area contributed by atoms with Crippen molar-refractivity contribution >= 4 is 5.69 Å². The number of nitrogens with zero attached hydrogens (tertiary/aromatic N) is 1. The smallest absolute Gasteiger partial charge is 0.146 e. The van der Waals surface area contributed by atoms with E-state index < -0.39 is 6.10 Å². The van der Waals surface area contributed by atoms with Crippen molar-refractivity contribution in [2.75, 3.05) is 18.0 Å². The lowest BCUT2D eigenvalue weighted by Crippen LogP contribution is -2.57. The van der Waals surface area contributed by atoms with Crippen LogP contribution in [0.15, 0.2) is 18.2 Å². The van der Waals surface area contributed by atoms with Crippen molar-refractivity contribution in [2.45, 2.75) is 51.9 Å². The fourth-order valence-electron chi connectivity index (χ4n) is 3.15. The van der Waals surface area contributed by atoms with Crippen LogP contribution < -0.4 is 4.90 Å². The molecule has 0 amide bonds. The van der Waals surface area contributed by atoms with Gasteiger partial charge in [-0.3, -0.25) is 0 Å². The van der Waals surface area contributed by atoms with Gasteiger partial charge in [0.1, 0.15) is 5.82 Å². The van der Waals surface area contributed by atoms with Crippen molar-refractivity contribution in [3.63, 3.8) is 0 Å². The zero-order valence-electron chi connectivity index (χ0n) is 12.9. The van der Waals surface area contributed by atoms with Gasteiger partial charge in [0.15, 0.2) is 0 Å². The molecule has 1 fully saturated rings. The van der Waals surface area contributed by atoms with Gasteiger partial charge in [-0.1, -0.05) is 12.1 Å². The summed E-state index contributed by atoms with van der Waals surface area (Å²) in [4.78, 5) is 1.99. The van der Waals surface area contributed by atoms with E-state index in [9.17, 15) is 9.50 Å². The molecule has 1 saturated heterocycles. The number of halogens is 1. The zero-order valence-corrected chi connectivity index (χ0v) is 12.9. The SMILES string of the molecule is C[C@@H](O)c1cccc(F)c1N1CC(C)(C)OC(C)(C)C1. The van der Waals surface area contributed by atoms with Gasteiger partial charge >= 0.3 is 0 Å². The average Bonchev–Trinajstić information content (AvgIpc) is 2.23. The summed E-state index contributed by atoms with van der Waals surface area (Å²) >= 11 is 0. The molecule has 0 bridgehead atoms. The maximum Gasteiger partial charge on any atom is 0.146 e. The molecule has 1 N–H and O–H groups in total. The predicted molar refractivity (Wildman–Crippen MR) is 78.5 cm³/mol. The minimum absolute atomic E-state index is 0.295. The quantitative estimate of drug-likeness (QED) is 0.903. The predicted octanol–water partition coefficient (Wildman–Crippen LogP) is 3.27. The van der Waals surface area contributed by atoms with Crippen LogP contribution in [0.4, 0.5) is 10.1 Å². The first-order valence-electron chi connectivity index (χ1n) is 7.03. The number of para-hydroxylation sites is 1. The molecule has 0 aliphatic carbocycles. The maximum absolute atomic E-state index is 14.3. The number of rotatable bonds is 2. The second-order valence-electron chi connectivity index (χ2n) is 6.83. The first kappa shape index (κ1) is 15.3. The molecular weight excluding hydrogens is 257 g/mol. The summed E-state index contributed by atoms with van der Waals surface area (Å²) in [6.45, 7) is 10.9. The second kappa shape index (κ2) is 5.01. The maximum atomic E-state index is 14.3. The molecule has 0 unspecified atom stereocenters. The van der Waals surface area contributed by atoms with E-state index in [0.29, 0.717) is 24.3 Å². The Labute approximate surface area is 120 Å². The van der Waals surface area contributed by atoms with Gasteiger partial charge in [0, 0.05) is 18.7 Å². The Morgan fingerprint density at radius 1 is 1.20 bits per heavy atom. The fourth-order valence-corrected chi connectivity index (χ4v) is 3.15. The van der Waals surface area contributed by atoms with E-state index in [0.717, 1.165) is 0 Å². The third-order valence-electron chi connectivity index (χ3n) is 3.48. The van der Waals surface area contributed by atoms with Gasteiger partial charge in [-0.25, -0.2) is 4.39 Å².